The number of hydrogen-bond acceptors (Lipinski definition) is 4. The average molecular weight is 451 g/mol. The third-order valence-corrected chi connectivity index (χ3v) is 6.63. The van der Waals surface area contributed by atoms with Crippen molar-refractivity contribution >= 4 is 29.5 Å². The molecule has 0 aromatic heterocycles. The van der Waals surface area contributed by atoms with Crippen molar-refractivity contribution in [2.75, 3.05) is 33.7 Å². The Balaban J connectivity index is 1.67. The van der Waals surface area contributed by atoms with Gasteiger partial charge >= 0.3 is 0 Å². The van der Waals surface area contributed by atoms with Crippen LogP contribution in [0.1, 0.15) is 29.5 Å². The first-order valence-electron chi connectivity index (χ1n) is 11.3. The zero-order valence-electron chi connectivity index (χ0n) is 19.4. The standard InChI is InChI=1S/C28H26N4O2/c1-30-23-10-8-21(9-11-23)17-25-27(34)24(16-20-4-6-22(18-29)7-5-20)28(25)12-14-32(15-13-28)26(33)19-31(2)3/h4-11,16-17H,12-15,19H2,2-3H3/b24-16-,25-17-. The number of likely N-dealkylation sites (tertiary alicyclic amines) is 1. The van der Waals surface area contributed by atoms with Crippen molar-refractivity contribution in [3.8, 4) is 6.07 Å². The SMILES string of the molecule is [C-]#[N+]c1ccc(/C=C2/C(=O)/C(=C/c3ccc(C#N)cc3)C23CCN(C(=O)CN(C)C)CC3)cc1. The molecule has 170 valence electrons. The molecule has 0 unspecified atom stereocenters. The zero-order valence-corrected chi connectivity index (χ0v) is 19.4. The van der Waals surface area contributed by atoms with Crippen LogP contribution in [0.15, 0.2) is 59.7 Å². The molecule has 1 aliphatic heterocycles. The molecule has 0 atom stereocenters. The van der Waals surface area contributed by atoms with E-state index in [-0.39, 0.29) is 11.7 Å². The maximum Gasteiger partial charge on any atom is 0.236 e. The number of ketones is 1. The van der Waals surface area contributed by atoms with E-state index >= 15 is 0 Å². The fourth-order valence-corrected chi connectivity index (χ4v) is 4.75. The van der Waals surface area contributed by atoms with Crippen molar-refractivity contribution in [3.05, 3.63) is 87.8 Å². The van der Waals surface area contributed by atoms with E-state index in [0.29, 0.717) is 43.7 Å². The average Bonchev–Trinajstić information content (AvgIpc) is 2.86. The predicted octanol–water partition coefficient (Wildman–Crippen LogP) is 4.33. The summed E-state index contributed by atoms with van der Waals surface area (Å²) < 4.78 is 0. The first-order valence-corrected chi connectivity index (χ1v) is 11.3. The van der Waals surface area contributed by atoms with Gasteiger partial charge in [-0.3, -0.25) is 9.59 Å². The lowest BCUT2D eigenvalue weighted by Gasteiger charge is -2.51. The van der Waals surface area contributed by atoms with Crippen molar-refractivity contribution in [1.29, 1.82) is 5.26 Å². The third kappa shape index (κ3) is 4.41. The Morgan fingerprint density at radius 2 is 1.59 bits per heavy atom. The second-order valence-corrected chi connectivity index (χ2v) is 9.08. The van der Waals surface area contributed by atoms with Crippen LogP contribution in [0.2, 0.25) is 0 Å². The molecule has 6 heteroatoms. The highest BCUT2D eigenvalue weighted by molar-refractivity contribution is 6.23. The molecule has 34 heavy (non-hydrogen) atoms. The summed E-state index contributed by atoms with van der Waals surface area (Å²) in [5, 5.41) is 9.06. The fraction of sp³-hybridized carbons (Fsp3) is 0.286. The molecule has 2 aromatic rings. The molecule has 1 saturated heterocycles. The Hall–Kier alpha value is -4.00. The normalized spacial score (nSPS) is 19.2. The smallest absolute Gasteiger partial charge is 0.236 e. The highest BCUT2D eigenvalue weighted by Gasteiger charge is 2.54. The number of likely N-dealkylation sites (N-methyl/N-ethyl adjacent to an activating group) is 1. The maximum atomic E-state index is 13.3. The summed E-state index contributed by atoms with van der Waals surface area (Å²) in [5.41, 5.74) is 4.03. The van der Waals surface area contributed by atoms with Gasteiger partial charge in [0.2, 0.25) is 5.91 Å². The van der Waals surface area contributed by atoms with Crippen LogP contribution in [-0.4, -0.2) is 55.2 Å². The van der Waals surface area contributed by atoms with Crippen LogP contribution in [0.5, 0.6) is 0 Å². The number of piperidine rings is 1. The lowest BCUT2D eigenvalue weighted by Crippen LogP contribution is -2.53. The highest BCUT2D eigenvalue weighted by Crippen LogP contribution is 2.56. The molecule has 1 heterocycles. The number of amides is 1. The number of carbonyl (C=O) groups is 2. The molecule has 0 N–H and O–H groups in total. The zero-order chi connectivity index (χ0) is 24.3. The molecule has 1 amide bonds. The van der Waals surface area contributed by atoms with Crippen LogP contribution in [0, 0.1) is 23.3 Å². The number of carbonyl (C=O) groups excluding carboxylic acids is 2. The van der Waals surface area contributed by atoms with E-state index in [1.165, 1.54) is 0 Å². The Bertz CT molecular complexity index is 1170. The molecule has 4 rings (SSSR count). The van der Waals surface area contributed by atoms with Gasteiger partial charge in [-0.05, 0) is 62.3 Å². The Labute approximate surface area is 200 Å². The molecule has 1 aliphatic carbocycles. The second kappa shape index (κ2) is 9.47. The summed E-state index contributed by atoms with van der Waals surface area (Å²) in [6, 6.07) is 16.6. The summed E-state index contributed by atoms with van der Waals surface area (Å²) in [6.45, 7) is 8.70. The number of allylic oxidation sites excluding steroid dienone is 2. The van der Waals surface area contributed by atoms with Gasteiger partial charge in [0.25, 0.3) is 0 Å². The lowest BCUT2D eigenvalue weighted by atomic mass is 9.54. The molecular weight excluding hydrogens is 424 g/mol. The van der Waals surface area contributed by atoms with Crippen molar-refractivity contribution in [3.63, 3.8) is 0 Å². The largest absolute Gasteiger partial charge is 0.342 e. The van der Waals surface area contributed by atoms with Crippen molar-refractivity contribution < 1.29 is 9.59 Å². The van der Waals surface area contributed by atoms with Gasteiger partial charge in [-0.25, -0.2) is 4.85 Å². The van der Waals surface area contributed by atoms with Crippen molar-refractivity contribution in [1.82, 2.24) is 9.80 Å². The number of hydrogen-bond donors (Lipinski definition) is 0. The number of benzene rings is 2. The molecule has 6 nitrogen and oxygen atoms in total. The summed E-state index contributed by atoms with van der Waals surface area (Å²) >= 11 is 0. The Kier molecular flexibility index (Phi) is 6.45. The van der Waals surface area contributed by atoms with Gasteiger partial charge in [0.15, 0.2) is 11.5 Å². The summed E-state index contributed by atoms with van der Waals surface area (Å²) in [5.74, 6) is 0.120. The molecule has 1 saturated carbocycles. The van der Waals surface area contributed by atoms with Gasteiger partial charge in [-0.1, -0.05) is 36.4 Å². The molecular formula is C28H26N4O2. The Morgan fingerprint density at radius 3 is 2.06 bits per heavy atom. The molecule has 1 spiro atoms. The van der Waals surface area contributed by atoms with E-state index in [4.69, 9.17) is 11.8 Å². The molecule has 2 aliphatic rings. The summed E-state index contributed by atoms with van der Waals surface area (Å²) in [7, 11) is 3.76. The topological polar surface area (TPSA) is 68.8 Å². The highest BCUT2D eigenvalue weighted by atomic mass is 16.2. The minimum Gasteiger partial charge on any atom is -0.342 e. The first-order chi connectivity index (χ1) is 16.4. The third-order valence-electron chi connectivity index (χ3n) is 6.63. The van der Waals surface area contributed by atoms with Gasteiger partial charge in [0, 0.05) is 29.7 Å². The van der Waals surface area contributed by atoms with Crippen molar-refractivity contribution in [2.45, 2.75) is 12.8 Å². The van der Waals surface area contributed by atoms with E-state index in [0.717, 1.165) is 22.3 Å². The Morgan fingerprint density at radius 1 is 1.06 bits per heavy atom. The summed E-state index contributed by atoms with van der Waals surface area (Å²) in [6.07, 6.45) is 5.24. The van der Waals surface area contributed by atoms with Crippen LogP contribution >= 0.6 is 0 Å². The minimum absolute atomic E-state index is 0.0201. The van der Waals surface area contributed by atoms with Gasteiger partial charge in [0.05, 0.1) is 24.7 Å². The monoisotopic (exact) mass is 450 g/mol. The van der Waals surface area contributed by atoms with Crippen LogP contribution < -0.4 is 0 Å². The predicted molar refractivity (Wildman–Crippen MR) is 132 cm³/mol. The molecule has 0 radical (unpaired) electrons. The fourth-order valence-electron chi connectivity index (χ4n) is 4.75. The summed E-state index contributed by atoms with van der Waals surface area (Å²) in [4.78, 5) is 33.1. The minimum atomic E-state index is -0.404. The lowest BCUT2D eigenvalue weighted by molar-refractivity contribution is -0.134. The first kappa shape index (κ1) is 23.2. The second-order valence-electron chi connectivity index (χ2n) is 9.08. The molecule has 2 aromatic carbocycles. The van der Waals surface area contributed by atoms with Gasteiger partial charge in [0.1, 0.15) is 0 Å². The van der Waals surface area contributed by atoms with E-state index < -0.39 is 5.41 Å². The van der Waals surface area contributed by atoms with E-state index in [9.17, 15) is 9.59 Å². The van der Waals surface area contributed by atoms with Gasteiger partial charge in [-0.15, -0.1) is 0 Å². The van der Waals surface area contributed by atoms with Gasteiger partial charge < -0.3 is 9.80 Å². The van der Waals surface area contributed by atoms with E-state index in [2.05, 4.69) is 10.9 Å². The number of Topliss-reactive ketones (excluding diaryl/α,β-unsaturated/α-hetero) is 1. The maximum absolute atomic E-state index is 13.3. The van der Waals surface area contributed by atoms with Crippen molar-refractivity contribution in [2.24, 2.45) is 5.41 Å². The number of rotatable bonds is 4. The van der Waals surface area contributed by atoms with Crippen LogP contribution in [0.3, 0.4) is 0 Å². The quantitative estimate of drug-likeness (QED) is 0.514. The molecule has 2 fully saturated rings. The van der Waals surface area contributed by atoms with Crippen LogP contribution in [0.4, 0.5) is 5.69 Å². The van der Waals surface area contributed by atoms with Crippen LogP contribution in [0.25, 0.3) is 17.0 Å². The van der Waals surface area contributed by atoms with E-state index in [1.807, 2.05) is 60.3 Å². The number of nitrogens with zero attached hydrogens (tertiary/aromatic N) is 4. The van der Waals surface area contributed by atoms with E-state index in [1.54, 1.807) is 24.3 Å². The number of nitriles is 1. The van der Waals surface area contributed by atoms with Gasteiger partial charge in [-0.2, -0.15) is 5.26 Å². The van der Waals surface area contributed by atoms with Crippen LogP contribution in [-0.2, 0) is 9.59 Å². The molecule has 0 bridgehead atoms.